The van der Waals surface area contributed by atoms with Gasteiger partial charge in [-0.2, -0.15) is 0 Å². The fourth-order valence-corrected chi connectivity index (χ4v) is 2.93. The van der Waals surface area contributed by atoms with Gasteiger partial charge in [-0.05, 0) is 31.2 Å². The zero-order valence-electron chi connectivity index (χ0n) is 13.6. The van der Waals surface area contributed by atoms with E-state index >= 15 is 0 Å². The highest BCUT2D eigenvalue weighted by Gasteiger charge is 2.31. The molecule has 0 bridgehead atoms. The number of hydrogen-bond acceptors (Lipinski definition) is 5. The summed E-state index contributed by atoms with van der Waals surface area (Å²) in [5.74, 6) is -0.410. The van der Waals surface area contributed by atoms with Crippen molar-refractivity contribution in [3.8, 4) is 0 Å². The molecule has 1 aromatic carbocycles. The molecule has 1 aliphatic heterocycles. The summed E-state index contributed by atoms with van der Waals surface area (Å²) in [6.07, 6.45) is 3.29. The van der Waals surface area contributed by atoms with Crippen LogP contribution in [-0.2, 0) is 9.53 Å². The van der Waals surface area contributed by atoms with Crippen molar-refractivity contribution in [1.29, 1.82) is 0 Å². The van der Waals surface area contributed by atoms with Crippen molar-refractivity contribution in [1.82, 2.24) is 10.3 Å². The third kappa shape index (κ3) is 3.39. The fraction of sp³-hybridized carbons (Fsp3) is 0.167. The van der Waals surface area contributed by atoms with E-state index < -0.39 is 17.8 Å². The molecule has 2 heterocycles. The third-order valence-corrected chi connectivity index (χ3v) is 4.19. The van der Waals surface area contributed by atoms with Crippen molar-refractivity contribution < 1.29 is 13.9 Å². The Morgan fingerprint density at radius 2 is 2.00 bits per heavy atom. The summed E-state index contributed by atoms with van der Waals surface area (Å²) in [7, 11) is 1.30. The molecule has 7 heteroatoms. The Morgan fingerprint density at radius 1 is 1.28 bits per heavy atom. The molecule has 0 saturated heterocycles. The van der Waals surface area contributed by atoms with Crippen LogP contribution in [0.4, 0.5) is 4.39 Å². The number of nitrogens with one attached hydrogen (secondary N) is 1. The topological polar surface area (TPSA) is 63.6 Å². The molecule has 1 aliphatic rings. The van der Waals surface area contributed by atoms with Gasteiger partial charge in [0.1, 0.15) is 17.7 Å². The minimum Gasteiger partial charge on any atom is -0.466 e. The fourth-order valence-electron chi connectivity index (χ4n) is 2.66. The maximum Gasteiger partial charge on any atom is 0.338 e. The van der Waals surface area contributed by atoms with Crippen molar-refractivity contribution in [2.24, 2.45) is 4.99 Å². The maximum atomic E-state index is 13.4. The molecule has 0 amide bonds. The number of ether oxygens (including phenoxy) is 1. The van der Waals surface area contributed by atoms with Crippen LogP contribution in [0.25, 0.3) is 0 Å². The first-order chi connectivity index (χ1) is 12.0. The zero-order valence-corrected chi connectivity index (χ0v) is 14.3. The van der Waals surface area contributed by atoms with Crippen LogP contribution in [0.3, 0.4) is 0 Å². The molecule has 0 radical (unpaired) electrons. The average Bonchev–Trinajstić information content (AvgIpc) is 2.61. The van der Waals surface area contributed by atoms with Crippen LogP contribution < -0.4 is 5.32 Å². The highest BCUT2D eigenvalue weighted by molar-refractivity contribution is 6.31. The average molecular weight is 360 g/mol. The molecular weight excluding hydrogens is 345 g/mol. The molecule has 1 atom stereocenters. The summed E-state index contributed by atoms with van der Waals surface area (Å²) >= 11 is 6.20. The standard InChI is InChI=1S/C18H15ClFN3O2/c1-10-15(18(24)25-2)16(13-4-3-12(20)9-14(13)19)23-17(22-10)11-5-7-21-8-6-11/h3-9,16H,1-2H3,(H,22,23). The number of aromatic nitrogens is 1. The molecule has 0 spiro atoms. The van der Waals surface area contributed by atoms with Gasteiger partial charge in [-0.1, -0.05) is 17.7 Å². The SMILES string of the molecule is COC(=O)C1=C(C)NC(c2ccncc2)=NC1c1ccc(F)cc1Cl. The highest BCUT2D eigenvalue weighted by atomic mass is 35.5. The lowest BCUT2D eigenvalue weighted by Gasteiger charge is -2.26. The van der Waals surface area contributed by atoms with Gasteiger partial charge in [0.2, 0.25) is 0 Å². The zero-order chi connectivity index (χ0) is 18.0. The number of hydrogen-bond donors (Lipinski definition) is 1. The number of carbonyl (C=O) groups excluding carboxylic acids is 1. The Morgan fingerprint density at radius 3 is 2.64 bits per heavy atom. The summed E-state index contributed by atoms with van der Waals surface area (Å²) in [5, 5.41) is 3.31. The van der Waals surface area contributed by atoms with E-state index in [1.165, 1.54) is 25.3 Å². The van der Waals surface area contributed by atoms with E-state index in [-0.39, 0.29) is 5.02 Å². The second-order valence-electron chi connectivity index (χ2n) is 5.44. The van der Waals surface area contributed by atoms with Gasteiger partial charge in [0.15, 0.2) is 0 Å². The predicted octanol–water partition coefficient (Wildman–Crippen LogP) is 3.41. The lowest BCUT2D eigenvalue weighted by molar-refractivity contribution is -0.136. The van der Waals surface area contributed by atoms with Gasteiger partial charge in [-0.25, -0.2) is 9.18 Å². The number of nitrogens with zero attached hydrogens (tertiary/aromatic N) is 2. The third-order valence-electron chi connectivity index (χ3n) is 3.86. The number of rotatable bonds is 3. The molecule has 25 heavy (non-hydrogen) atoms. The van der Waals surface area contributed by atoms with Crippen molar-refractivity contribution in [3.05, 3.63) is 76.0 Å². The first kappa shape index (κ1) is 17.1. The number of carbonyl (C=O) groups is 1. The molecule has 0 fully saturated rings. The van der Waals surface area contributed by atoms with Crippen LogP contribution in [0.15, 0.2) is 59.0 Å². The van der Waals surface area contributed by atoms with Gasteiger partial charge in [-0.3, -0.25) is 9.98 Å². The number of benzene rings is 1. The van der Waals surface area contributed by atoms with E-state index in [1.54, 1.807) is 31.5 Å². The quantitative estimate of drug-likeness (QED) is 0.853. The molecule has 1 N–H and O–H groups in total. The minimum absolute atomic E-state index is 0.193. The van der Waals surface area contributed by atoms with Gasteiger partial charge >= 0.3 is 5.97 Å². The summed E-state index contributed by atoms with van der Waals surface area (Å²) in [4.78, 5) is 20.9. The van der Waals surface area contributed by atoms with Crippen molar-refractivity contribution in [3.63, 3.8) is 0 Å². The molecule has 128 valence electrons. The largest absolute Gasteiger partial charge is 0.466 e. The van der Waals surface area contributed by atoms with E-state index in [4.69, 9.17) is 16.3 Å². The van der Waals surface area contributed by atoms with Crippen molar-refractivity contribution in [2.45, 2.75) is 13.0 Å². The summed E-state index contributed by atoms with van der Waals surface area (Å²) in [6.45, 7) is 1.76. The van der Waals surface area contributed by atoms with Crippen molar-refractivity contribution >= 4 is 23.4 Å². The Kier molecular flexibility index (Phi) is 4.81. The molecule has 0 saturated carbocycles. The first-order valence-corrected chi connectivity index (χ1v) is 7.88. The summed E-state index contributed by atoms with van der Waals surface area (Å²) in [5.41, 5.74) is 2.25. The van der Waals surface area contributed by atoms with Crippen LogP contribution in [-0.4, -0.2) is 23.9 Å². The number of aliphatic imine (C=N–C) groups is 1. The lowest BCUT2D eigenvalue weighted by atomic mass is 9.95. The lowest BCUT2D eigenvalue weighted by Crippen LogP contribution is -2.32. The van der Waals surface area contributed by atoms with Crippen LogP contribution in [0.2, 0.25) is 5.02 Å². The molecule has 1 aromatic heterocycles. The van der Waals surface area contributed by atoms with Gasteiger partial charge < -0.3 is 10.1 Å². The normalized spacial score (nSPS) is 17.0. The smallest absolute Gasteiger partial charge is 0.338 e. The van der Waals surface area contributed by atoms with Crippen LogP contribution >= 0.6 is 11.6 Å². The number of esters is 1. The van der Waals surface area contributed by atoms with E-state index in [0.29, 0.717) is 22.7 Å². The van der Waals surface area contributed by atoms with Crippen LogP contribution in [0.1, 0.15) is 24.1 Å². The number of methoxy groups -OCH3 is 1. The molecule has 0 aliphatic carbocycles. The number of allylic oxidation sites excluding steroid dienone is 1. The monoisotopic (exact) mass is 359 g/mol. The van der Waals surface area contributed by atoms with Crippen LogP contribution in [0.5, 0.6) is 0 Å². The van der Waals surface area contributed by atoms with E-state index in [2.05, 4.69) is 15.3 Å². The van der Waals surface area contributed by atoms with E-state index in [0.717, 1.165) is 5.56 Å². The van der Waals surface area contributed by atoms with Crippen LogP contribution in [0, 0.1) is 5.82 Å². The Balaban J connectivity index is 2.14. The second kappa shape index (κ2) is 7.03. The molecular formula is C18H15ClFN3O2. The van der Waals surface area contributed by atoms with Crippen molar-refractivity contribution in [2.75, 3.05) is 7.11 Å². The predicted molar refractivity (Wildman–Crippen MR) is 92.8 cm³/mol. The van der Waals surface area contributed by atoms with E-state index in [9.17, 15) is 9.18 Å². The molecule has 5 nitrogen and oxygen atoms in total. The summed E-state index contributed by atoms with van der Waals surface area (Å²) in [6, 6.07) is 6.90. The molecule has 3 rings (SSSR count). The number of amidine groups is 1. The maximum absolute atomic E-state index is 13.4. The first-order valence-electron chi connectivity index (χ1n) is 7.50. The number of halogens is 2. The number of pyridine rings is 1. The van der Waals surface area contributed by atoms with Gasteiger partial charge in [-0.15, -0.1) is 0 Å². The Bertz CT molecular complexity index is 881. The Hall–Kier alpha value is -2.73. The molecule has 2 aromatic rings. The second-order valence-corrected chi connectivity index (χ2v) is 5.84. The van der Waals surface area contributed by atoms with Gasteiger partial charge in [0, 0.05) is 34.2 Å². The molecule has 1 unspecified atom stereocenters. The highest BCUT2D eigenvalue weighted by Crippen LogP contribution is 2.36. The Labute approximate surface area is 149 Å². The van der Waals surface area contributed by atoms with E-state index in [1.807, 2.05) is 0 Å². The minimum atomic E-state index is -0.704. The van der Waals surface area contributed by atoms with Gasteiger partial charge in [0.05, 0.1) is 12.7 Å². The summed E-state index contributed by atoms with van der Waals surface area (Å²) < 4.78 is 18.3. The van der Waals surface area contributed by atoms with Gasteiger partial charge in [0.25, 0.3) is 0 Å².